The van der Waals surface area contributed by atoms with Crippen LogP contribution in [0.3, 0.4) is 0 Å². The average Bonchev–Trinajstić information content (AvgIpc) is 3.11. The van der Waals surface area contributed by atoms with Gasteiger partial charge in [-0.2, -0.15) is 0 Å². The number of aromatic nitrogens is 3. The molecule has 8 heteroatoms. The number of hydrogen-bond acceptors (Lipinski definition) is 6. The summed E-state index contributed by atoms with van der Waals surface area (Å²) in [5, 5.41) is 9.16. The highest BCUT2D eigenvalue weighted by molar-refractivity contribution is 7.99. The van der Waals surface area contributed by atoms with Crippen LogP contribution in [0.2, 0.25) is 0 Å². The molecule has 0 saturated heterocycles. The van der Waals surface area contributed by atoms with Crippen LogP contribution in [0.4, 0.5) is 0 Å². The minimum Gasteiger partial charge on any atom is -0.494 e. The molecule has 6 nitrogen and oxygen atoms in total. The van der Waals surface area contributed by atoms with Gasteiger partial charge < -0.3 is 9.30 Å². The minimum absolute atomic E-state index is 0.151. The lowest BCUT2D eigenvalue weighted by Gasteiger charge is -2.09. The molecular formula is C23H29N3O3S2. The Morgan fingerprint density at radius 3 is 2.48 bits per heavy atom. The third-order valence-corrected chi connectivity index (χ3v) is 7.52. The molecule has 0 unspecified atom stereocenters. The van der Waals surface area contributed by atoms with Crippen LogP contribution < -0.4 is 4.74 Å². The Morgan fingerprint density at radius 2 is 1.77 bits per heavy atom. The van der Waals surface area contributed by atoms with Crippen molar-refractivity contribution in [3.05, 3.63) is 65.5 Å². The first kappa shape index (κ1) is 23.3. The number of rotatable bonds is 11. The molecule has 0 saturated carbocycles. The number of ether oxygens (including phenoxy) is 1. The fraction of sp³-hybridized carbons (Fsp3) is 0.391. The van der Waals surface area contributed by atoms with Crippen molar-refractivity contribution < 1.29 is 13.2 Å². The van der Waals surface area contributed by atoms with Crippen LogP contribution in [-0.4, -0.2) is 35.5 Å². The zero-order valence-electron chi connectivity index (χ0n) is 18.2. The van der Waals surface area contributed by atoms with Crippen LogP contribution in [0.25, 0.3) is 0 Å². The highest BCUT2D eigenvalue weighted by atomic mass is 32.2. The summed E-state index contributed by atoms with van der Waals surface area (Å²) >= 11 is 1.60. The van der Waals surface area contributed by atoms with Gasteiger partial charge in [0.2, 0.25) is 0 Å². The van der Waals surface area contributed by atoms with Gasteiger partial charge in [0.15, 0.2) is 15.0 Å². The third kappa shape index (κ3) is 6.58. The first-order valence-electron chi connectivity index (χ1n) is 10.4. The van der Waals surface area contributed by atoms with Crippen LogP contribution in [0.15, 0.2) is 58.6 Å². The van der Waals surface area contributed by atoms with Crippen molar-refractivity contribution in [2.24, 2.45) is 0 Å². The van der Waals surface area contributed by atoms with E-state index in [1.54, 1.807) is 36.0 Å². The number of benzene rings is 2. The summed E-state index contributed by atoms with van der Waals surface area (Å²) in [6, 6.07) is 14.9. The fourth-order valence-corrected chi connectivity index (χ4v) is 5.40. The average molecular weight is 460 g/mol. The van der Waals surface area contributed by atoms with Gasteiger partial charge >= 0.3 is 0 Å². The van der Waals surface area contributed by atoms with Crippen molar-refractivity contribution in [3.8, 4) is 5.75 Å². The summed E-state index contributed by atoms with van der Waals surface area (Å²) in [7, 11) is -3.46. The van der Waals surface area contributed by atoms with Gasteiger partial charge in [0.1, 0.15) is 17.3 Å². The second kappa shape index (κ2) is 10.8. The van der Waals surface area contributed by atoms with Gasteiger partial charge in [-0.3, -0.25) is 0 Å². The van der Waals surface area contributed by atoms with Crippen molar-refractivity contribution in [2.45, 2.75) is 56.0 Å². The van der Waals surface area contributed by atoms with E-state index in [4.69, 9.17) is 4.74 Å². The molecule has 2 aromatic carbocycles. The monoisotopic (exact) mass is 459 g/mol. The Bertz CT molecular complexity index is 1090. The molecule has 0 aliphatic heterocycles. The molecule has 1 heterocycles. The predicted molar refractivity (Wildman–Crippen MR) is 124 cm³/mol. The molecule has 166 valence electrons. The molecular weight excluding hydrogens is 430 g/mol. The highest BCUT2D eigenvalue weighted by Crippen LogP contribution is 2.22. The van der Waals surface area contributed by atoms with Crippen molar-refractivity contribution in [1.29, 1.82) is 0 Å². The van der Waals surface area contributed by atoms with Gasteiger partial charge in [-0.05, 0) is 63.4 Å². The Balaban J connectivity index is 1.51. The summed E-state index contributed by atoms with van der Waals surface area (Å²) < 4.78 is 33.2. The molecule has 0 radical (unpaired) electrons. The van der Waals surface area contributed by atoms with E-state index in [0.717, 1.165) is 35.1 Å². The topological polar surface area (TPSA) is 74.1 Å². The maximum absolute atomic E-state index is 12.8. The quantitative estimate of drug-likeness (QED) is 0.302. The molecule has 31 heavy (non-hydrogen) atoms. The van der Waals surface area contributed by atoms with Gasteiger partial charge in [-0.15, -0.1) is 10.2 Å². The summed E-state index contributed by atoms with van der Waals surface area (Å²) in [6.07, 6.45) is 1.92. The molecule has 0 amide bonds. The second-order valence-corrected chi connectivity index (χ2v) is 10.5. The van der Waals surface area contributed by atoms with E-state index in [2.05, 4.69) is 10.2 Å². The number of thioether (sulfide) groups is 1. The van der Waals surface area contributed by atoms with E-state index < -0.39 is 9.84 Å². The predicted octanol–water partition coefficient (Wildman–Crippen LogP) is 4.84. The summed E-state index contributed by atoms with van der Waals surface area (Å²) in [6.45, 7) is 7.26. The molecule has 0 fully saturated rings. The molecule has 0 aliphatic rings. The van der Waals surface area contributed by atoms with Crippen LogP contribution in [0.5, 0.6) is 5.75 Å². The molecule has 0 bridgehead atoms. The lowest BCUT2D eigenvalue weighted by molar-refractivity contribution is 0.309. The number of sulfone groups is 1. The van der Waals surface area contributed by atoms with Crippen LogP contribution in [-0.2, 0) is 22.1 Å². The SMILES string of the molecule is CCn1c(CS(=O)(=O)c2ccc(C)cc2)nnc1SCCCCOc1cccc(C)c1. The molecule has 3 aromatic rings. The number of aryl methyl sites for hydroxylation is 2. The largest absolute Gasteiger partial charge is 0.494 e. The van der Waals surface area contributed by atoms with Gasteiger partial charge in [-0.25, -0.2) is 8.42 Å². The Hall–Kier alpha value is -2.32. The van der Waals surface area contributed by atoms with E-state index >= 15 is 0 Å². The number of unbranched alkanes of at least 4 members (excludes halogenated alkanes) is 1. The molecule has 0 spiro atoms. The minimum atomic E-state index is -3.46. The normalized spacial score (nSPS) is 11.6. The van der Waals surface area contributed by atoms with Crippen LogP contribution in [0, 0.1) is 13.8 Å². The van der Waals surface area contributed by atoms with Crippen molar-refractivity contribution in [2.75, 3.05) is 12.4 Å². The third-order valence-electron chi connectivity index (χ3n) is 4.84. The zero-order valence-corrected chi connectivity index (χ0v) is 19.9. The van der Waals surface area contributed by atoms with E-state index in [0.29, 0.717) is 23.9 Å². The molecule has 3 rings (SSSR count). The second-order valence-electron chi connectivity index (χ2n) is 7.44. The first-order valence-corrected chi connectivity index (χ1v) is 13.1. The smallest absolute Gasteiger partial charge is 0.191 e. The van der Waals surface area contributed by atoms with Gasteiger partial charge in [0, 0.05) is 12.3 Å². The van der Waals surface area contributed by atoms with Crippen LogP contribution in [0.1, 0.15) is 36.7 Å². The van der Waals surface area contributed by atoms with Crippen molar-refractivity contribution in [1.82, 2.24) is 14.8 Å². The Morgan fingerprint density at radius 1 is 1.00 bits per heavy atom. The van der Waals surface area contributed by atoms with Crippen molar-refractivity contribution in [3.63, 3.8) is 0 Å². The molecule has 1 aromatic heterocycles. The number of nitrogens with zero attached hydrogens (tertiary/aromatic N) is 3. The van der Waals surface area contributed by atoms with E-state index in [1.807, 2.05) is 49.6 Å². The van der Waals surface area contributed by atoms with E-state index in [-0.39, 0.29) is 5.75 Å². The first-order chi connectivity index (χ1) is 14.9. The maximum Gasteiger partial charge on any atom is 0.191 e. The highest BCUT2D eigenvalue weighted by Gasteiger charge is 2.21. The van der Waals surface area contributed by atoms with E-state index in [1.165, 1.54) is 5.56 Å². The van der Waals surface area contributed by atoms with Gasteiger partial charge in [0.05, 0.1) is 11.5 Å². The van der Waals surface area contributed by atoms with Crippen molar-refractivity contribution >= 4 is 21.6 Å². The lowest BCUT2D eigenvalue weighted by Crippen LogP contribution is -2.11. The summed E-state index contributed by atoms with van der Waals surface area (Å²) in [4.78, 5) is 0.312. The zero-order chi connectivity index (χ0) is 22.3. The van der Waals surface area contributed by atoms with Gasteiger partial charge in [0.25, 0.3) is 0 Å². The molecule has 0 aliphatic carbocycles. The maximum atomic E-state index is 12.8. The summed E-state index contributed by atoms with van der Waals surface area (Å²) in [5.74, 6) is 2.10. The fourth-order valence-electron chi connectivity index (χ4n) is 3.11. The Kier molecular flexibility index (Phi) is 8.15. The molecule has 0 atom stereocenters. The standard InChI is InChI=1S/C23H29N3O3S2/c1-4-26-22(17-31(27,28)21-12-10-18(2)11-13-21)24-25-23(26)30-15-6-5-14-29-20-9-7-8-19(3)16-20/h7-13,16H,4-6,14-15,17H2,1-3H3. The number of hydrogen-bond donors (Lipinski definition) is 0. The lowest BCUT2D eigenvalue weighted by atomic mass is 10.2. The Labute approximate surface area is 189 Å². The van der Waals surface area contributed by atoms with Crippen LogP contribution >= 0.6 is 11.8 Å². The van der Waals surface area contributed by atoms with Gasteiger partial charge in [-0.1, -0.05) is 41.6 Å². The summed E-state index contributed by atoms with van der Waals surface area (Å²) in [5.41, 5.74) is 2.21. The molecule has 0 N–H and O–H groups in total. The van der Waals surface area contributed by atoms with E-state index in [9.17, 15) is 8.42 Å².